The molecule has 7 nitrogen and oxygen atoms in total. The molecule has 1 aromatic carbocycles. The third-order valence-corrected chi connectivity index (χ3v) is 4.02. The summed E-state index contributed by atoms with van der Waals surface area (Å²) in [7, 11) is 0. The summed E-state index contributed by atoms with van der Waals surface area (Å²) in [6.45, 7) is 9.84. The number of fused-ring (bicyclic) bond motifs is 1. The van der Waals surface area contributed by atoms with Gasteiger partial charge in [-0.15, -0.1) is 24.0 Å². The maximum absolute atomic E-state index is 12.3. The first-order valence-corrected chi connectivity index (χ1v) is 9.59. The number of carbonyl (C=O) groups excluding carboxylic acids is 2. The largest absolute Gasteiger partial charge is 0.381 e. The smallest absolute Gasteiger partial charge is 0.261 e. The molecule has 2 amide bonds. The molecular weight excluding hydrogens is 471 g/mol. The van der Waals surface area contributed by atoms with Crippen LogP contribution < -0.4 is 10.6 Å². The Morgan fingerprint density at radius 2 is 1.79 bits per heavy atom. The van der Waals surface area contributed by atoms with Gasteiger partial charge in [0, 0.05) is 39.4 Å². The SMILES string of the molecule is CCNC(=NCCCOCC(C)C)NCCN1C(=O)c2ccccc2C1=O.I. The van der Waals surface area contributed by atoms with Crippen molar-refractivity contribution >= 4 is 41.8 Å². The van der Waals surface area contributed by atoms with Crippen molar-refractivity contribution in [2.45, 2.75) is 27.2 Å². The van der Waals surface area contributed by atoms with Crippen LogP contribution >= 0.6 is 24.0 Å². The number of nitrogens with one attached hydrogen (secondary N) is 2. The fourth-order valence-corrected chi connectivity index (χ4v) is 2.75. The summed E-state index contributed by atoms with van der Waals surface area (Å²) in [5.41, 5.74) is 0.953. The van der Waals surface area contributed by atoms with Gasteiger partial charge in [0.2, 0.25) is 0 Å². The Balaban J connectivity index is 0.00000392. The Kier molecular flexibility index (Phi) is 11.1. The maximum atomic E-state index is 12.3. The van der Waals surface area contributed by atoms with Crippen molar-refractivity contribution in [1.82, 2.24) is 15.5 Å². The summed E-state index contributed by atoms with van der Waals surface area (Å²) < 4.78 is 5.55. The van der Waals surface area contributed by atoms with E-state index in [-0.39, 0.29) is 35.8 Å². The van der Waals surface area contributed by atoms with E-state index in [1.807, 2.05) is 6.92 Å². The number of carbonyl (C=O) groups is 2. The van der Waals surface area contributed by atoms with Gasteiger partial charge in [-0.25, -0.2) is 0 Å². The molecule has 0 fully saturated rings. The molecule has 0 atom stereocenters. The summed E-state index contributed by atoms with van der Waals surface area (Å²) >= 11 is 0. The average molecular weight is 502 g/mol. The molecule has 28 heavy (non-hydrogen) atoms. The summed E-state index contributed by atoms with van der Waals surface area (Å²) in [5.74, 6) is 0.746. The zero-order chi connectivity index (χ0) is 19.6. The maximum Gasteiger partial charge on any atom is 0.261 e. The highest BCUT2D eigenvalue weighted by molar-refractivity contribution is 14.0. The number of halogens is 1. The minimum absolute atomic E-state index is 0. The molecule has 0 bridgehead atoms. The lowest BCUT2D eigenvalue weighted by molar-refractivity contribution is 0.0657. The fourth-order valence-electron chi connectivity index (χ4n) is 2.75. The lowest BCUT2D eigenvalue weighted by Crippen LogP contribution is -2.43. The van der Waals surface area contributed by atoms with Crippen LogP contribution in [0, 0.1) is 5.92 Å². The van der Waals surface area contributed by atoms with E-state index in [1.165, 1.54) is 4.90 Å². The summed E-state index contributed by atoms with van der Waals surface area (Å²) in [5, 5.41) is 6.34. The molecule has 0 aromatic heterocycles. The molecule has 1 aromatic rings. The minimum atomic E-state index is -0.235. The topological polar surface area (TPSA) is 83.0 Å². The monoisotopic (exact) mass is 502 g/mol. The van der Waals surface area contributed by atoms with E-state index in [2.05, 4.69) is 29.5 Å². The normalized spacial score (nSPS) is 13.6. The van der Waals surface area contributed by atoms with Crippen LogP contribution in [0.4, 0.5) is 0 Å². The lowest BCUT2D eigenvalue weighted by Gasteiger charge is -2.16. The molecule has 0 spiro atoms. The number of rotatable bonds is 10. The van der Waals surface area contributed by atoms with Crippen LogP contribution in [0.15, 0.2) is 29.3 Å². The Morgan fingerprint density at radius 3 is 2.36 bits per heavy atom. The van der Waals surface area contributed by atoms with Crippen LogP contribution in [0.1, 0.15) is 47.9 Å². The van der Waals surface area contributed by atoms with Gasteiger partial charge in [0.25, 0.3) is 11.8 Å². The standard InChI is InChI=1S/C20H30N4O3.HI/c1-4-21-20(22-10-7-13-27-14-15(2)3)23-11-12-24-18(25)16-8-5-6-9-17(16)19(24)26;/h5-6,8-9,15H,4,7,10-14H2,1-3H3,(H2,21,22,23);1H. The van der Waals surface area contributed by atoms with Crippen molar-refractivity contribution < 1.29 is 14.3 Å². The highest BCUT2D eigenvalue weighted by Gasteiger charge is 2.34. The molecule has 1 aliphatic heterocycles. The van der Waals surface area contributed by atoms with E-state index in [4.69, 9.17) is 4.74 Å². The predicted molar refractivity (Wildman–Crippen MR) is 121 cm³/mol. The number of benzene rings is 1. The van der Waals surface area contributed by atoms with Crippen molar-refractivity contribution in [3.8, 4) is 0 Å². The second-order valence-corrected chi connectivity index (χ2v) is 6.82. The molecule has 2 N–H and O–H groups in total. The molecule has 0 aliphatic carbocycles. The Hall–Kier alpha value is -1.68. The highest BCUT2D eigenvalue weighted by atomic mass is 127. The Labute approximate surface area is 184 Å². The van der Waals surface area contributed by atoms with Crippen molar-refractivity contribution in [2.75, 3.05) is 39.4 Å². The molecule has 1 heterocycles. The first-order valence-electron chi connectivity index (χ1n) is 9.59. The number of ether oxygens (including phenoxy) is 1. The first kappa shape index (κ1) is 24.4. The Morgan fingerprint density at radius 1 is 1.14 bits per heavy atom. The summed E-state index contributed by atoms with van der Waals surface area (Å²) in [6.07, 6.45) is 0.849. The van der Waals surface area contributed by atoms with E-state index in [9.17, 15) is 9.59 Å². The van der Waals surface area contributed by atoms with Crippen LogP contribution in [-0.4, -0.2) is 62.1 Å². The van der Waals surface area contributed by atoms with Gasteiger partial charge in [0.05, 0.1) is 11.1 Å². The quantitative estimate of drug-likeness (QED) is 0.169. The van der Waals surface area contributed by atoms with Gasteiger partial charge in [-0.2, -0.15) is 0 Å². The predicted octanol–water partition coefficient (Wildman–Crippen LogP) is 2.52. The fraction of sp³-hybridized carbons (Fsp3) is 0.550. The van der Waals surface area contributed by atoms with Crippen molar-refractivity contribution in [3.05, 3.63) is 35.4 Å². The molecule has 2 rings (SSSR count). The van der Waals surface area contributed by atoms with E-state index in [1.54, 1.807) is 24.3 Å². The second kappa shape index (κ2) is 12.7. The molecule has 8 heteroatoms. The molecular formula is C20H31IN4O3. The van der Waals surface area contributed by atoms with Gasteiger partial charge in [-0.3, -0.25) is 19.5 Å². The molecule has 0 unspecified atom stereocenters. The van der Waals surface area contributed by atoms with E-state index in [0.717, 1.165) is 19.6 Å². The van der Waals surface area contributed by atoms with Crippen molar-refractivity contribution in [2.24, 2.45) is 10.9 Å². The number of aliphatic imine (C=N–C) groups is 1. The van der Waals surface area contributed by atoms with Gasteiger partial charge in [0.1, 0.15) is 0 Å². The van der Waals surface area contributed by atoms with Crippen LogP contribution in [-0.2, 0) is 4.74 Å². The zero-order valence-electron chi connectivity index (χ0n) is 16.9. The summed E-state index contributed by atoms with van der Waals surface area (Å²) in [6, 6.07) is 6.92. The lowest BCUT2D eigenvalue weighted by atomic mass is 10.1. The van der Waals surface area contributed by atoms with Crippen molar-refractivity contribution in [3.63, 3.8) is 0 Å². The molecule has 0 saturated heterocycles. The van der Waals surface area contributed by atoms with Gasteiger partial charge < -0.3 is 15.4 Å². The number of hydrogen-bond donors (Lipinski definition) is 2. The van der Waals surface area contributed by atoms with Crippen LogP contribution in [0.2, 0.25) is 0 Å². The zero-order valence-corrected chi connectivity index (χ0v) is 19.2. The van der Waals surface area contributed by atoms with Gasteiger partial charge in [-0.05, 0) is 31.4 Å². The van der Waals surface area contributed by atoms with Crippen LogP contribution in [0.3, 0.4) is 0 Å². The highest BCUT2D eigenvalue weighted by Crippen LogP contribution is 2.21. The van der Waals surface area contributed by atoms with Gasteiger partial charge >= 0.3 is 0 Å². The minimum Gasteiger partial charge on any atom is -0.381 e. The van der Waals surface area contributed by atoms with E-state index < -0.39 is 0 Å². The second-order valence-electron chi connectivity index (χ2n) is 6.82. The van der Waals surface area contributed by atoms with E-state index in [0.29, 0.717) is 49.2 Å². The number of hydrogen-bond acceptors (Lipinski definition) is 4. The van der Waals surface area contributed by atoms with E-state index >= 15 is 0 Å². The molecule has 0 radical (unpaired) electrons. The molecule has 156 valence electrons. The van der Waals surface area contributed by atoms with Gasteiger partial charge in [-0.1, -0.05) is 26.0 Å². The third-order valence-electron chi connectivity index (χ3n) is 4.02. The number of amides is 2. The van der Waals surface area contributed by atoms with Crippen molar-refractivity contribution in [1.29, 1.82) is 0 Å². The number of nitrogens with zero attached hydrogens (tertiary/aromatic N) is 2. The van der Waals surface area contributed by atoms with Gasteiger partial charge in [0.15, 0.2) is 5.96 Å². The Bertz CT molecular complexity index is 644. The molecule has 1 aliphatic rings. The average Bonchev–Trinajstić information content (AvgIpc) is 2.89. The number of guanidine groups is 1. The summed E-state index contributed by atoms with van der Waals surface area (Å²) in [4.78, 5) is 30.5. The van der Waals surface area contributed by atoms with Crippen LogP contribution in [0.25, 0.3) is 0 Å². The first-order chi connectivity index (χ1) is 13.0. The van der Waals surface area contributed by atoms with Crippen LogP contribution in [0.5, 0.6) is 0 Å². The number of imide groups is 1. The molecule has 0 saturated carbocycles. The third kappa shape index (κ3) is 7.05.